The lowest BCUT2D eigenvalue weighted by Gasteiger charge is -2.11. The van der Waals surface area contributed by atoms with E-state index >= 15 is 0 Å². The average molecular weight is 317 g/mol. The molecule has 126 valence electrons. The van der Waals surface area contributed by atoms with E-state index in [1.807, 2.05) is 26.0 Å². The van der Waals surface area contributed by atoms with Crippen molar-refractivity contribution in [1.82, 2.24) is 9.88 Å². The summed E-state index contributed by atoms with van der Waals surface area (Å²) in [6, 6.07) is 3.97. The Labute approximate surface area is 138 Å². The van der Waals surface area contributed by atoms with Crippen molar-refractivity contribution in [2.24, 2.45) is 5.92 Å². The first-order valence-electron chi connectivity index (χ1n) is 8.08. The van der Waals surface area contributed by atoms with E-state index in [-0.39, 0.29) is 12.2 Å². The number of aliphatic hydroxyl groups excluding tert-OH is 1. The summed E-state index contributed by atoms with van der Waals surface area (Å²) in [6.45, 7) is 9.76. The molecule has 5 heteroatoms. The summed E-state index contributed by atoms with van der Waals surface area (Å²) in [6.07, 6.45) is 3.21. The van der Waals surface area contributed by atoms with Crippen molar-refractivity contribution in [3.63, 3.8) is 0 Å². The van der Waals surface area contributed by atoms with E-state index in [0.29, 0.717) is 18.9 Å². The van der Waals surface area contributed by atoms with Gasteiger partial charge in [0.05, 0.1) is 0 Å². The minimum atomic E-state index is -0.395. The van der Waals surface area contributed by atoms with Gasteiger partial charge in [-0.1, -0.05) is 13.8 Å². The number of hydrogen-bond acceptors (Lipinski definition) is 3. The van der Waals surface area contributed by atoms with Crippen molar-refractivity contribution in [3.8, 4) is 6.07 Å². The molecule has 0 radical (unpaired) electrons. The van der Waals surface area contributed by atoms with Gasteiger partial charge in [0.1, 0.15) is 11.6 Å². The van der Waals surface area contributed by atoms with Gasteiger partial charge in [0.15, 0.2) is 0 Å². The van der Waals surface area contributed by atoms with Crippen molar-refractivity contribution in [1.29, 1.82) is 5.26 Å². The number of nitrogens with one attached hydrogen (secondary N) is 1. The molecule has 0 spiro atoms. The Morgan fingerprint density at radius 2 is 2.17 bits per heavy atom. The molecule has 5 nitrogen and oxygen atoms in total. The zero-order valence-electron chi connectivity index (χ0n) is 14.5. The van der Waals surface area contributed by atoms with Crippen LogP contribution in [-0.2, 0) is 11.3 Å². The molecular formula is C18H27N3O2. The number of rotatable bonds is 8. The Morgan fingerprint density at radius 1 is 1.48 bits per heavy atom. The highest BCUT2D eigenvalue weighted by atomic mass is 16.3. The van der Waals surface area contributed by atoms with Gasteiger partial charge in [-0.25, -0.2) is 0 Å². The number of amides is 1. The van der Waals surface area contributed by atoms with Gasteiger partial charge in [0.25, 0.3) is 5.91 Å². The maximum absolute atomic E-state index is 12.0. The molecule has 0 atom stereocenters. The summed E-state index contributed by atoms with van der Waals surface area (Å²) in [5.41, 5.74) is 3.19. The fourth-order valence-corrected chi connectivity index (χ4v) is 2.39. The lowest BCUT2D eigenvalue weighted by molar-refractivity contribution is -0.117. The van der Waals surface area contributed by atoms with Crippen LogP contribution in [0.3, 0.4) is 0 Å². The fourth-order valence-electron chi connectivity index (χ4n) is 2.39. The van der Waals surface area contributed by atoms with Crippen molar-refractivity contribution >= 4 is 12.0 Å². The molecule has 2 N–H and O–H groups in total. The molecule has 23 heavy (non-hydrogen) atoms. The molecule has 0 bridgehead atoms. The molecule has 0 saturated heterocycles. The molecule has 0 saturated carbocycles. The molecule has 0 aliphatic heterocycles. The van der Waals surface area contributed by atoms with Crippen molar-refractivity contribution in [3.05, 3.63) is 28.6 Å². The predicted molar refractivity (Wildman–Crippen MR) is 91.7 cm³/mol. The third kappa shape index (κ3) is 5.57. The van der Waals surface area contributed by atoms with Crippen LogP contribution in [0.5, 0.6) is 0 Å². The van der Waals surface area contributed by atoms with Crippen LogP contribution in [0.25, 0.3) is 6.08 Å². The third-order valence-electron chi connectivity index (χ3n) is 3.83. The van der Waals surface area contributed by atoms with Gasteiger partial charge >= 0.3 is 0 Å². The number of nitriles is 1. The van der Waals surface area contributed by atoms with Gasteiger partial charge in [-0.05, 0) is 50.3 Å². The molecule has 0 aliphatic carbocycles. The number of aromatic nitrogens is 1. The quantitative estimate of drug-likeness (QED) is 0.439. The van der Waals surface area contributed by atoms with Gasteiger partial charge in [0, 0.05) is 31.1 Å². The van der Waals surface area contributed by atoms with Crippen LogP contribution in [0.2, 0.25) is 0 Å². The molecule has 0 aromatic carbocycles. The molecule has 1 amide bonds. The standard InChI is InChI=1S/C18H27N3O2/c1-13(2)6-8-21-14(3)10-16(15(21)4)11-17(12-19)18(23)20-7-5-9-22/h10-11,13,22H,5-9H2,1-4H3,(H,20,23)/b17-11-. The van der Waals surface area contributed by atoms with Crippen LogP contribution in [0.1, 0.15) is 43.6 Å². The largest absolute Gasteiger partial charge is 0.396 e. The second-order valence-electron chi connectivity index (χ2n) is 6.16. The molecule has 0 unspecified atom stereocenters. The SMILES string of the molecule is Cc1cc(/C=C(/C#N)C(=O)NCCCO)c(C)n1CCC(C)C. The van der Waals surface area contributed by atoms with Crippen LogP contribution in [0, 0.1) is 31.1 Å². The molecule has 1 aromatic heterocycles. The molecule has 1 rings (SSSR count). The number of aliphatic hydroxyl groups is 1. The highest BCUT2D eigenvalue weighted by molar-refractivity contribution is 6.01. The zero-order valence-corrected chi connectivity index (χ0v) is 14.5. The van der Waals surface area contributed by atoms with Crippen LogP contribution >= 0.6 is 0 Å². The zero-order chi connectivity index (χ0) is 17.4. The number of carbonyl (C=O) groups excluding carboxylic acids is 1. The minimum Gasteiger partial charge on any atom is -0.396 e. The third-order valence-corrected chi connectivity index (χ3v) is 3.83. The highest BCUT2D eigenvalue weighted by Gasteiger charge is 2.12. The smallest absolute Gasteiger partial charge is 0.261 e. The van der Waals surface area contributed by atoms with E-state index < -0.39 is 5.91 Å². The van der Waals surface area contributed by atoms with Gasteiger partial charge in [-0.2, -0.15) is 5.26 Å². The molecule has 0 aliphatic rings. The summed E-state index contributed by atoms with van der Waals surface area (Å²) < 4.78 is 2.23. The minimum absolute atomic E-state index is 0.0168. The first-order chi connectivity index (χ1) is 10.9. The maximum Gasteiger partial charge on any atom is 0.261 e. The van der Waals surface area contributed by atoms with Crippen LogP contribution in [-0.4, -0.2) is 28.7 Å². The average Bonchev–Trinajstić information content (AvgIpc) is 2.76. The Hall–Kier alpha value is -2.06. The van der Waals surface area contributed by atoms with Gasteiger partial charge in [-0.15, -0.1) is 0 Å². The van der Waals surface area contributed by atoms with Crippen molar-refractivity contribution < 1.29 is 9.90 Å². The van der Waals surface area contributed by atoms with Crippen LogP contribution in [0.15, 0.2) is 11.6 Å². The van der Waals surface area contributed by atoms with Gasteiger partial charge in [-0.3, -0.25) is 4.79 Å². The van der Waals surface area contributed by atoms with E-state index in [1.165, 1.54) is 0 Å². The Kier molecular flexibility index (Phi) is 7.56. The van der Waals surface area contributed by atoms with E-state index in [4.69, 9.17) is 5.11 Å². The maximum atomic E-state index is 12.0. The van der Waals surface area contributed by atoms with Crippen LogP contribution in [0.4, 0.5) is 0 Å². The topological polar surface area (TPSA) is 78.1 Å². The van der Waals surface area contributed by atoms with Crippen LogP contribution < -0.4 is 5.32 Å². The predicted octanol–water partition coefficient (Wildman–Crippen LogP) is 2.56. The van der Waals surface area contributed by atoms with E-state index in [1.54, 1.807) is 6.08 Å². The second kappa shape index (κ2) is 9.16. The van der Waals surface area contributed by atoms with E-state index in [0.717, 1.165) is 29.9 Å². The second-order valence-corrected chi connectivity index (χ2v) is 6.16. The molecule has 1 heterocycles. The monoisotopic (exact) mass is 317 g/mol. The van der Waals surface area contributed by atoms with Gasteiger partial charge < -0.3 is 15.0 Å². The normalized spacial score (nSPS) is 11.6. The summed E-state index contributed by atoms with van der Waals surface area (Å²) >= 11 is 0. The first-order valence-corrected chi connectivity index (χ1v) is 8.08. The summed E-state index contributed by atoms with van der Waals surface area (Å²) in [7, 11) is 0. The fraction of sp³-hybridized carbons (Fsp3) is 0.556. The number of carbonyl (C=O) groups is 1. The first kappa shape index (κ1) is 19.0. The van der Waals surface area contributed by atoms with E-state index in [9.17, 15) is 10.1 Å². The Morgan fingerprint density at radius 3 is 2.74 bits per heavy atom. The molecule has 1 aromatic rings. The van der Waals surface area contributed by atoms with E-state index in [2.05, 4.69) is 23.7 Å². The van der Waals surface area contributed by atoms with Crippen molar-refractivity contribution in [2.45, 2.75) is 47.1 Å². The highest BCUT2D eigenvalue weighted by Crippen LogP contribution is 2.19. The lowest BCUT2D eigenvalue weighted by Crippen LogP contribution is -2.26. The summed E-state index contributed by atoms with van der Waals surface area (Å²) in [5.74, 6) is 0.232. The van der Waals surface area contributed by atoms with Crippen molar-refractivity contribution in [2.75, 3.05) is 13.2 Å². The molecular weight excluding hydrogens is 290 g/mol. The Balaban J connectivity index is 2.94. The summed E-state index contributed by atoms with van der Waals surface area (Å²) in [5, 5.41) is 20.6. The Bertz CT molecular complexity index is 607. The lowest BCUT2D eigenvalue weighted by atomic mass is 10.1. The number of nitrogens with zero attached hydrogens (tertiary/aromatic N) is 2. The molecule has 0 fully saturated rings. The summed E-state index contributed by atoms with van der Waals surface area (Å²) in [4.78, 5) is 12.0. The number of aryl methyl sites for hydroxylation is 1. The number of hydrogen-bond donors (Lipinski definition) is 2. The van der Waals surface area contributed by atoms with Gasteiger partial charge in [0.2, 0.25) is 0 Å².